The van der Waals surface area contributed by atoms with E-state index in [9.17, 15) is 8.78 Å². The van der Waals surface area contributed by atoms with Crippen LogP contribution in [0.3, 0.4) is 0 Å². The van der Waals surface area contributed by atoms with E-state index in [0.29, 0.717) is 6.61 Å². The molecule has 0 aliphatic carbocycles. The van der Waals surface area contributed by atoms with Crippen LogP contribution < -0.4 is 4.74 Å². The summed E-state index contributed by atoms with van der Waals surface area (Å²) < 4.78 is 31.9. The lowest BCUT2D eigenvalue weighted by atomic mass is 10.2. The standard InChI is InChI=1S/C9H9F2N5O/c1-2-17-7-4-12-8(3-6(7)9(10)11)16-5-13-14-15-16/h3-5,9H,2H2,1H3. The smallest absolute Gasteiger partial charge is 0.267 e. The zero-order valence-corrected chi connectivity index (χ0v) is 8.92. The molecule has 0 atom stereocenters. The van der Waals surface area contributed by atoms with E-state index in [0.717, 1.165) is 0 Å². The molecule has 0 spiro atoms. The van der Waals surface area contributed by atoms with Gasteiger partial charge in [0.25, 0.3) is 6.43 Å². The fourth-order valence-electron chi connectivity index (χ4n) is 1.28. The van der Waals surface area contributed by atoms with E-state index in [1.165, 1.54) is 23.3 Å². The molecule has 2 heterocycles. The molecule has 0 amide bonds. The van der Waals surface area contributed by atoms with E-state index in [2.05, 4.69) is 20.5 Å². The summed E-state index contributed by atoms with van der Waals surface area (Å²) >= 11 is 0. The van der Waals surface area contributed by atoms with Crippen LogP contribution in [-0.4, -0.2) is 31.8 Å². The maximum absolute atomic E-state index is 12.8. The van der Waals surface area contributed by atoms with Crippen LogP contribution in [0, 0.1) is 0 Å². The Morgan fingerprint density at radius 3 is 2.88 bits per heavy atom. The van der Waals surface area contributed by atoms with Crippen LogP contribution in [0.1, 0.15) is 18.9 Å². The van der Waals surface area contributed by atoms with Crippen LogP contribution in [-0.2, 0) is 0 Å². The number of nitrogens with zero attached hydrogens (tertiary/aromatic N) is 5. The molecule has 0 saturated carbocycles. The third-order valence-electron chi connectivity index (χ3n) is 2.00. The molecule has 6 nitrogen and oxygen atoms in total. The lowest BCUT2D eigenvalue weighted by Crippen LogP contribution is -2.03. The van der Waals surface area contributed by atoms with Gasteiger partial charge in [0.15, 0.2) is 5.82 Å². The monoisotopic (exact) mass is 241 g/mol. The molecule has 0 aromatic carbocycles. The molecule has 0 N–H and O–H groups in total. The minimum Gasteiger partial charge on any atom is -0.492 e. The van der Waals surface area contributed by atoms with Crippen molar-refractivity contribution in [2.75, 3.05) is 6.61 Å². The van der Waals surface area contributed by atoms with Crippen molar-refractivity contribution >= 4 is 0 Å². The Balaban J connectivity index is 2.42. The number of tetrazole rings is 1. The Labute approximate surface area is 95.2 Å². The maximum atomic E-state index is 12.8. The summed E-state index contributed by atoms with van der Waals surface area (Å²) in [5.74, 6) is 0.285. The van der Waals surface area contributed by atoms with Crippen LogP contribution in [0.4, 0.5) is 8.78 Å². The molecule has 0 aliphatic rings. The highest BCUT2D eigenvalue weighted by Gasteiger charge is 2.16. The van der Waals surface area contributed by atoms with Crippen molar-refractivity contribution in [3.05, 3.63) is 24.2 Å². The number of halogens is 2. The zero-order chi connectivity index (χ0) is 12.3. The first-order chi connectivity index (χ1) is 8.22. The summed E-state index contributed by atoms with van der Waals surface area (Å²) in [5.41, 5.74) is -0.229. The number of hydrogen-bond donors (Lipinski definition) is 0. The number of aromatic nitrogens is 5. The lowest BCUT2D eigenvalue weighted by Gasteiger charge is -2.10. The third-order valence-corrected chi connectivity index (χ3v) is 2.00. The molecule has 2 aromatic rings. The van der Waals surface area contributed by atoms with Gasteiger partial charge < -0.3 is 4.74 Å². The Kier molecular flexibility index (Phi) is 3.22. The predicted molar refractivity (Wildman–Crippen MR) is 53.1 cm³/mol. The highest BCUT2D eigenvalue weighted by Crippen LogP contribution is 2.29. The highest BCUT2D eigenvalue weighted by atomic mass is 19.3. The van der Waals surface area contributed by atoms with Gasteiger partial charge in [-0.3, -0.25) is 0 Å². The Morgan fingerprint density at radius 2 is 2.29 bits per heavy atom. The van der Waals surface area contributed by atoms with Crippen molar-refractivity contribution in [2.45, 2.75) is 13.3 Å². The van der Waals surface area contributed by atoms with Gasteiger partial charge in [0.05, 0.1) is 18.4 Å². The Morgan fingerprint density at radius 1 is 1.47 bits per heavy atom. The van der Waals surface area contributed by atoms with E-state index in [-0.39, 0.29) is 17.1 Å². The van der Waals surface area contributed by atoms with Crippen molar-refractivity contribution in [1.29, 1.82) is 0 Å². The van der Waals surface area contributed by atoms with Crippen LogP contribution >= 0.6 is 0 Å². The topological polar surface area (TPSA) is 65.7 Å². The van der Waals surface area contributed by atoms with Gasteiger partial charge in [-0.05, 0) is 23.4 Å². The summed E-state index contributed by atoms with van der Waals surface area (Å²) in [4.78, 5) is 3.94. The first-order valence-electron chi connectivity index (χ1n) is 4.86. The first-order valence-corrected chi connectivity index (χ1v) is 4.86. The average molecular weight is 241 g/mol. The molecule has 0 saturated heterocycles. The first kappa shape index (κ1) is 11.4. The van der Waals surface area contributed by atoms with E-state index in [1.54, 1.807) is 6.92 Å². The van der Waals surface area contributed by atoms with Crippen LogP contribution in [0.5, 0.6) is 5.75 Å². The van der Waals surface area contributed by atoms with Crippen molar-refractivity contribution in [1.82, 2.24) is 25.2 Å². The van der Waals surface area contributed by atoms with Gasteiger partial charge in [0, 0.05) is 0 Å². The summed E-state index contributed by atoms with van der Waals surface area (Å²) in [5, 5.41) is 10.4. The number of pyridine rings is 1. The molecule has 17 heavy (non-hydrogen) atoms. The summed E-state index contributed by atoms with van der Waals surface area (Å²) in [6, 6.07) is 1.20. The Hall–Kier alpha value is -2.12. The highest BCUT2D eigenvalue weighted by molar-refractivity contribution is 5.38. The molecule has 2 aromatic heterocycles. The Bertz CT molecular complexity index is 488. The van der Waals surface area contributed by atoms with Crippen molar-refractivity contribution in [3.63, 3.8) is 0 Å². The molecular formula is C9H9F2N5O. The summed E-state index contributed by atoms with van der Waals surface area (Å²) in [6.07, 6.45) is -0.130. The molecule has 0 fully saturated rings. The normalized spacial score (nSPS) is 10.8. The van der Waals surface area contributed by atoms with Gasteiger partial charge in [-0.2, -0.15) is 4.68 Å². The molecule has 0 bridgehead atoms. The largest absolute Gasteiger partial charge is 0.492 e. The van der Waals surface area contributed by atoms with Gasteiger partial charge in [0.1, 0.15) is 12.1 Å². The van der Waals surface area contributed by atoms with Gasteiger partial charge in [0.2, 0.25) is 0 Å². The van der Waals surface area contributed by atoms with E-state index >= 15 is 0 Å². The lowest BCUT2D eigenvalue weighted by molar-refractivity contribution is 0.145. The number of alkyl halides is 2. The molecule has 0 radical (unpaired) electrons. The van der Waals surface area contributed by atoms with Crippen LogP contribution in [0.2, 0.25) is 0 Å². The van der Waals surface area contributed by atoms with Crippen molar-refractivity contribution in [3.8, 4) is 11.6 Å². The van der Waals surface area contributed by atoms with Crippen LogP contribution in [0.25, 0.3) is 5.82 Å². The van der Waals surface area contributed by atoms with Gasteiger partial charge in [-0.15, -0.1) is 5.10 Å². The van der Waals surface area contributed by atoms with Crippen molar-refractivity contribution < 1.29 is 13.5 Å². The number of hydrogen-bond acceptors (Lipinski definition) is 5. The van der Waals surface area contributed by atoms with E-state index in [4.69, 9.17) is 4.74 Å². The van der Waals surface area contributed by atoms with E-state index < -0.39 is 6.43 Å². The second-order valence-corrected chi connectivity index (χ2v) is 3.07. The second-order valence-electron chi connectivity index (χ2n) is 3.07. The van der Waals surface area contributed by atoms with Gasteiger partial charge >= 0.3 is 0 Å². The van der Waals surface area contributed by atoms with Gasteiger partial charge in [-0.1, -0.05) is 0 Å². The van der Waals surface area contributed by atoms with Crippen molar-refractivity contribution in [2.24, 2.45) is 0 Å². The minimum atomic E-state index is -2.64. The second kappa shape index (κ2) is 4.81. The van der Waals surface area contributed by atoms with Gasteiger partial charge in [-0.25, -0.2) is 13.8 Å². The number of rotatable bonds is 4. The summed E-state index contributed by atoms with van der Waals surface area (Å²) in [6.45, 7) is 2.01. The predicted octanol–water partition coefficient (Wildman–Crippen LogP) is 1.39. The quantitative estimate of drug-likeness (QED) is 0.809. The molecule has 90 valence electrons. The number of ether oxygens (including phenoxy) is 1. The molecular weight excluding hydrogens is 232 g/mol. The molecule has 8 heteroatoms. The maximum Gasteiger partial charge on any atom is 0.267 e. The van der Waals surface area contributed by atoms with E-state index in [1.807, 2.05) is 0 Å². The molecule has 0 unspecified atom stereocenters. The average Bonchev–Trinajstić information content (AvgIpc) is 2.83. The van der Waals surface area contributed by atoms with Crippen LogP contribution in [0.15, 0.2) is 18.6 Å². The summed E-state index contributed by atoms with van der Waals surface area (Å²) in [7, 11) is 0. The zero-order valence-electron chi connectivity index (χ0n) is 8.92. The minimum absolute atomic E-state index is 0.0688. The SMILES string of the molecule is CCOc1cnc(-n2cnnn2)cc1C(F)F. The molecule has 2 rings (SSSR count). The third kappa shape index (κ3) is 2.35. The fraction of sp³-hybridized carbons (Fsp3) is 0.333. The molecule has 0 aliphatic heterocycles. The fourth-order valence-corrected chi connectivity index (χ4v) is 1.28.